The minimum Gasteiger partial charge on any atom is -0.493 e. The van der Waals surface area contributed by atoms with Gasteiger partial charge in [-0.25, -0.2) is 8.42 Å². The van der Waals surface area contributed by atoms with Gasteiger partial charge in [-0.15, -0.1) is 24.0 Å². The van der Waals surface area contributed by atoms with E-state index in [1.165, 1.54) is 19.1 Å². The summed E-state index contributed by atoms with van der Waals surface area (Å²) in [6.45, 7) is 2.56. The topological polar surface area (TPSA) is 89.0 Å². The summed E-state index contributed by atoms with van der Waals surface area (Å²) in [5.41, 5.74) is 1.08. The van der Waals surface area contributed by atoms with Crippen LogP contribution in [-0.4, -0.2) is 59.8 Å². The van der Waals surface area contributed by atoms with Crippen LogP contribution in [0.5, 0.6) is 5.75 Å². The zero-order valence-corrected chi connectivity index (χ0v) is 19.1. The van der Waals surface area contributed by atoms with Crippen LogP contribution in [0, 0.1) is 5.92 Å². The molecule has 0 heterocycles. The van der Waals surface area contributed by atoms with Crippen LogP contribution in [0.2, 0.25) is 0 Å². The van der Waals surface area contributed by atoms with Crippen LogP contribution in [0.3, 0.4) is 0 Å². The molecule has 0 atom stereocenters. The Morgan fingerprint density at radius 1 is 1.22 bits per heavy atom. The molecule has 0 aromatic heterocycles. The number of guanidine groups is 1. The monoisotopic (exact) mass is 511 g/mol. The molecular weight excluding hydrogens is 481 g/mol. The van der Waals surface area contributed by atoms with Crippen molar-refractivity contribution in [2.75, 3.05) is 45.4 Å². The van der Waals surface area contributed by atoms with Crippen LogP contribution in [0.15, 0.2) is 29.3 Å². The average molecular weight is 511 g/mol. The Kier molecular flexibility index (Phi) is 11.0. The fourth-order valence-corrected chi connectivity index (χ4v) is 2.66. The van der Waals surface area contributed by atoms with E-state index in [-0.39, 0.29) is 36.3 Å². The molecule has 1 aromatic carbocycles. The summed E-state index contributed by atoms with van der Waals surface area (Å²) in [4.78, 5) is 4.18. The molecule has 1 fully saturated rings. The highest BCUT2D eigenvalue weighted by atomic mass is 127. The average Bonchev–Trinajstić information content (AvgIpc) is 3.43. The van der Waals surface area contributed by atoms with E-state index in [0.29, 0.717) is 31.6 Å². The van der Waals surface area contributed by atoms with E-state index in [2.05, 4.69) is 15.6 Å². The molecular formula is C18H30IN3O4S. The van der Waals surface area contributed by atoms with E-state index < -0.39 is 9.84 Å². The third kappa shape index (κ3) is 10.7. The Morgan fingerprint density at radius 3 is 2.63 bits per heavy atom. The maximum absolute atomic E-state index is 11.0. The first-order valence-corrected chi connectivity index (χ1v) is 10.9. The minimum absolute atomic E-state index is 0. The molecule has 2 N–H and O–H groups in total. The zero-order valence-electron chi connectivity index (χ0n) is 15.9. The lowest BCUT2D eigenvalue weighted by molar-refractivity contribution is 0.154. The number of ether oxygens (including phenoxy) is 2. The Bertz CT molecular complexity index is 694. The van der Waals surface area contributed by atoms with Crippen molar-refractivity contribution < 1.29 is 17.9 Å². The number of rotatable bonds is 11. The van der Waals surface area contributed by atoms with Gasteiger partial charge in [0, 0.05) is 32.0 Å². The van der Waals surface area contributed by atoms with Gasteiger partial charge in [0.15, 0.2) is 5.96 Å². The van der Waals surface area contributed by atoms with E-state index in [1.54, 1.807) is 7.05 Å². The maximum atomic E-state index is 11.0. The van der Waals surface area contributed by atoms with E-state index >= 15 is 0 Å². The number of hydrogen-bond donors (Lipinski definition) is 2. The summed E-state index contributed by atoms with van der Waals surface area (Å²) in [5, 5.41) is 6.39. The number of nitrogens with zero attached hydrogens (tertiary/aromatic N) is 1. The summed E-state index contributed by atoms with van der Waals surface area (Å²) in [7, 11) is -1.27. The number of nitrogens with one attached hydrogen (secondary N) is 2. The van der Waals surface area contributed by atoms with Crippen molar-refractivity contribution >= 4 is 39.8 Å². The third-order valence-corrected chi connectivity index (χ3v) is 4.86. The summed E-state index contributed by atoms with van der Waals surface area (Å²) in [6, 6.07) is 8.00. The van der Waals surface area contributed by atoms with Crippen LogP contribution < -0.4 is 15.4 Å². The second kappa shape index (κ2) is 12.4. The summed E-state index contributed by atoms with van der Waals surface area (Å²) >= 11 is 0. The minimum atomic E-state index is -2.98. The van der Waals surface area contributed by atoms with Gasteiger partial charge >= 0.3 is 0 Å². The molecule has 7 nitrogen and oxygen atoms in total. The van der Waals surface area contributed by atoms with Crippen LogP contribution in [0.4, 0.5) is 0 Å². The molecule has 0 radical (unpaired) electrons. The van der Waals surface area contributed by atoms with Gasteiger partial charge in [-0.2, -0.15) is 0 Å². The number of hydrogen-bond acceptors (Lipinski definition) is 5. The van der Waals surface area contributed by atoms with Crippen molar-refractivity contribution in [1.29, 1.82) is 0 Å². The second-order valence-electron chi connectivity index (χ2n) is 6.46. The smallest absolute Gasteiger partial charge is 0.191 e. The summed E-state index contributed by atoms with van der Waals surface area (Å²) in [6.07, 6.45) is 3.74. The number of sulfone groups is 1. The van der Waals surface area contributed by atoms with Gasteiger partial charge in [-0.1, -0.05) is 18.2 Å². The molecule has 1 aliphatic rings. The Hall–Kier alpha value is -1.07. The number of aliphatic imine (C=N–C) groups is 1. The standard InChI is InChI=1S/C18H29N3O4S.HI/c1-19-18(20-9-10-24-11-12-26(2,22)23)21-13-16-5-3-4-6-17(16)25-14-15-7-8-15;/h3-6,15H,7-14H2,1-2H3,(H2,19,20,21);1H. The first kappa shape index (κ1) is 24.0. The molecule has 1 aromatic rings. The number of halogens is 1. The fourth-order valence-electron chi connectivity index (χ4n) is 2.24. The van der Waals surface area contributed by atoms with Gasteiger partial charge in [-0.05, 0) is 24.8 Å². The van der Waals surface area contributed by atoms with Crippen molar-refractivity contribution in [3.05, 3.63) is 29.8 Å². The van der Waals surface area contributed by atoms with E-state index in [9.17, 15) is 8.42 Å². The third-order valence-electron chi connectivity index (χ3n) is 3.95. The number of para-hydroxylation sites is 1. The molecule has 0 saturated heterocycles. The lowest BCUT2D eigenvalue weighted by Crippen LogP contribution is -2.38. The van der Waals surface area contributed by atoms with Crippen molar-refractivity contribution in [2.24, 2.45) is 10.9 Å². The lowest BCUT2D eigenvalue weighted by atomic mass is 10.2. The molecule has 2 rings (SSSR count). The molecule has 0 amide bonds. The summed E-state index contributed by atoms with van der Waals surface area (Å²) < 4.78 is 33.2. The van der Waals surface area contributed by atoms with Crippen molar-refractivity contribution in [3.8, 4) is 5.75 Å². The maximum Gasteiger partial charge on any atom is 0.191 e. The van der Waals surface area contributed by atoms with Crippen LogP contribution in [0.25, 0.3) is 0 Å². The van der Waals surface area contributed by atoms with Gasteiger partial charge in [0.2, 0.25) is 0 Å². The quantitative estimate of drug-likeness (QED) is 0.204. The first-order valence-electron chi connectivity index (χ1n) is 8.88. The van der Waals surface area contributed by atoms with Gasteiger partial charge in [0.25, 0.3) is 0 Å². The Labute approximate surface area is 179 Å². The highest BCUT2D eigenvalue weighted by Gasteiger charge is 2.22. The van der Waals surface area contributed by atoms with E-state index in [0.717, 1.165) is 17.9 Å². The Balaban J connectivity index is 0.00000364. The van der Waals surface area contributed by atoms with Crippen molar-refractivity contribution in [2.45, 2.75) is 19.4 Å². The number of benzene rings is 1. The molecule has 9 heteroatoms. The largest absolute Gasteiger partial charge is 0.493 e. The van der Waals surface area contributed by atoms with Crippen molar-refractivity contribution in [3.63, 3.8) is 0 Å². The Morgan fingerprint density at radius 2 is 1.96 bits per heavy atom. The normalized spacial score (nSPS) is 14.4. The lowest BCUT2D eigenvalue weighted by Gasteiger charge is -2.15. The van der Waals surface area contributed by atoms with Gasteiger partial charge in [-0.3, -0.25) is 4.99 Å². The van der Waals surface area contributed by atoms with Gasteiger partial charge < -0.3 is 20.1 Å². The first-order chi connectivity index (χ1) is 12.5. The van der Waals surface area contributed by atoms with Crippen LogP contribution in [0.1, 0.15) is 18.4 Å². The fraction of sp³-hybridized carbons (Fsp3) is 0.611. The SMILES string of the molecule is CN=C(NCCOCCS(C)(=O)=O)NCc1ccccc1OCC1CC1.I. The second-order valence-corrected chi connectivity index (χ2v) is 8.72. The zero-order chi connectivity index (χ0) is 18.8. The molecule has 27 heavy (non-hydrogen) atoms. The molecule has 1 aliphatic carbocycles. The molecule has 0 aliphatic heterocycles. The van der Waals surface area contributed by atoms with E-state index in [4.69, 9.17) is 9.47 Å². The van der Waals surface area contributed by atoms with Gasteiger partial charge in [0.05, 0.1) is 25.6 Å². The highest BCUT2D eigenvalue weighted by molar-refractivity contribution is 14.0. The highest BCUT2D eigenvalue weighted by Crippen LogP contribution is 2.30. The van der Waals surface area contributed by atoms with E-state index in [1.807, 2.05) is 24.3 Å². The summed E-state index contributed by atoms with van der Waals surface area (Å²) in [5.74, 6) is 2.32. The molecule has 154 valence electrons. The van der Waals surface area contributed by atoms with Crippen LogP contribution >= 0.6 is 24.0 Å². The predicted molar refractivity (Wildman–Crippen MR) is 119 cm³/mol. The molecule has 1 saturated carbocycles. The molecule has 0 unspecified atom stereocenters. The molecule has 0 spiro atoms. The van der Waals surface area contributed by atoms with Gasteiger partial charge in [0.1, 0.15) is 15.6 Å². The predicted octanol–water partition coefficient (Wildman–Crippen LogP) is 1.82. The van der Waals surface area contributed by atoms with Crippen molar-refractivity contribution in [1.82, 2.24) is 10.6 Å². The van der Waals surface area contributed by atoms with Crippen LogP contribution in [-0.2, 0) is 21.1 Å². The molecule has 0 bridgehead atoms.